The maximum Gasteiger partial charge on any atom is 0.233 e. The van der Waals surface area contributed by atoms with Gasteiger partial charge in [0, 0.05) is 6.54 Å². The fourth-order valence-electron chi connectivity index (χ4n) is 4.58. The van der Waals surface area contributed by atoms with Crippen LogP contribution in [0.5, 0.6) is 5.75 Å². The summed E-state index contributed by atoms with van der Waals surface area (Å²) in [5, 5.41) is 7.24. The molecule has 4 rings (SSSR count). The Balaban J connectivity index is 1.66. The zero-order valence-electron chi connectivity index (χ0n) is 15.5. The molecule has 0 radical (unpaired) electrons. The zero-order chi connectivity index (χ0) is 18.1. The van der Waals surface area contributed by atoms with E-state index in [0.29, 0.717) is 0 Å². The van der Waals surface area contributed by atoms with E-state index >= 15 is 0 Å². The van der Waals surface area contributed by atoms with E-state index in [0.717, 1.165) is 68.0 Å². The number of methoxy groups -OCH3 is 1. The molecule has 2 aliphatic rings. The standard InChI is InChI=1S/C20H26N4O2/c1-14-21-18(23-22-14)17-6-5-13-24(17)19(25)20(11-3-4-12-20)15-7-9-16(26-2)10-8-15/h7-10,17H,3-6,11-13H2,1-2H3,(H,21,22,23). The minimum atomic E-state index is -0.416. The molecule has 0 bridgehead atoms. The normalized spacial score (nSPS) is 21.9. The van der Waals surface area contributed by atoms with Crippen LogP contribution in [0.25, 0.3) is 0 Å². The molecule has 1 N–H and O–H groups in total. The Bertz CT molecular complexity index is 777. The molecule has 2 heterocycles. The van der Waals surface area contributed by atoms with E-state index in [1.54, 1.807) is 7.11 Å². The van der Waals surface area contributed by atoms with Gasteiger partial charge in [0.05, 0.1) is 18.6 Å². The maximum atomic E-state index is 13.7. The first kappa shape index (κ1) is 17.1. The maximum absolute atomic E-state index is 13.7. The Morgan fingerprint density at radius 2 is 1.96 bits per heavy atom. The molecular weight excluding hydrogens is 328 g/mol. The zero-order valence-corrected chi connectivity index (χ0v) is 15.5. The van der Waals surface area contributed by atoms with Gasteiger partial charge in [-0.1, -0.05) is 25.0 Å². The third-order valence-corrected chi connectivity index (χ3v) is 5.94. The second-order valence-corrected chi connectivity index (χ2v) is 7.45. The van der Waals surface area contributed by atoms with Gasteiger partial charge in [0.1, 0.15) is 11.6 Å². The fraction of sp³-hybridized carbons (Fsp3) is 0.550. The van der Waals surface area contributed by atoms with E-state index in [4.69, 9.17) is 4.74 Å². The Morgan fingerprint density at radius 3 is 2.58 bits per heavy atom. The van der Waals surface area contributed by atoms with Crippen LogP contribution in [-0.2, 0) is 10.2 Å². The SMILES string of the molecule is COc1ccc(C2(C(=O)N3CCCC3c3n[nH]c(C)n3)CCCC2)cc1. The van der Waals surface area contributed by atoms with Crippen molar-refractivity contribution in [1.82, 2.24) is 20.1 Å². The van der Waals surface area contributed by atoms with Crippen molar-refractivity contribution in [2.24, 2.45) is 0 Å². The highest BCUT2D eigenvalue weighted by molar-refractivity contribution is 5.89. The number of hydrogen-bond donors (Lipinski definition) is 1. The highest BCUT2D eigenvalue weighted by Crippen LogP contribution is 2.45. The highest BCUT2D eigenvalue weighted by Gasteiger charge is 2.48. The highest BCUT2D eigenvalue weighted by atomic mass is 16.5. The molecule has 1 saturated heterocycles. The summed E-state index contributed by atoms with van der Waals surface area (Å²) < 4.78 is 5.29. The molecule has 26 heavy (non-hydrogen) atoms. The molecule has 138 valence electrons. The summed E-state index contributed by atoms with van der Waals surface area (Å²) >= 11 is 0. The quantitative estimate of drug-likeness (QED) is 0.914. The number of carbonyl (C=O) groups is 1. The van der Waals surface area contributed by atoms with E-state index in [1.165, 1.54) is 0 Å². The molecule has 1 aromatic carbocycles. The predicted molar refractivity (Wildman–Crippen MR) is 97.9 cm³/mol. The predicted octanol–water partition coefficient (Wildman–Crippen LogP) is 3.30. The van der Waals surface area contributed by atoms with E-state index in [-0.39, 0.29) is 11.9 Å². The molecule has 2 aromatic rings. The number of amides is 1. The van der Waals surface area contributed by atoms with Gasteiger partial charge in [-0.05, 0) is 50.3 Å². The molecule has 0 spiro atoms. The minimum absolute atomic E-state index is 0.0110. The first-order chi connectivity index (χ1) is 12.6. The molecule has 6 nitrogen and oxygen atoms in total. The number of nitrogens with zero attached hydrogens (tertiary/aromatic N) is 3. The number of hydrogen-bond acceptors (Lipinski definition) is 4. The van der Waals surface area contributed by atoms with Crippen LogP contribution >= 0.6 is 0 Å². The number of aromatic nitrogens is 3. The van der Waals surface area contributed by atoms with Crippen LogP contribution in [0, 0.1) is 6.92 Å². The summed E-state index contributed by atoms with van der Waals surface area (Å²) in [7, 11) is 1.67. The first-order valence-corrected chi connectivity index (χ1v) is 9.48. The molecule has 2 fully saturated rings. The number of ether oxygens (including phenoxy) is 1. The number of H-pyrrole nitrogens is 1. The average Bonchev–Trinajstić information content (AvgIpc) is 3.41. The van der Waals surface area contributed by atoms with Gasteiger partial charge in [-0.25, -0.2) is 4.98 Å². The van der Waals surface area contributed by atoms with Crippen molar-refractivity contribution in [2.45, 2.75) is 56.9 Å². The van der Waals surface area contributed by atoms with Gasteiger partial charge in [-0.2, -0.15) is 5.10 Å². The number of aromatic amines is 1. The number of likely N-dealkylation sites (tertiary alicyclic amines) is 1. The number of aryl methyl sites for hydroxylation is 1. The van der Waals surface area contributed by atoms with Crippen LogP contribution in [0.2, 0.25) is 0 Å². The number of rotatable bonds is 4. The van der Waals surface area contributed by atoms with Gasteiger partial charge in [0.25, 0.3) is 0 Å². The topological polar surface area (TPSA) is 71.1 Å². The van der Waals surface area contributed by atoms with Gasteiger partial charge in [-0.15, -0.1) is 0 Å². The van der Waals surface area contributed by atoms with Crippen molar-refractivity contribution < 1.29 is 9.53 Å². The number of benzene rings is 1. The third-order valence-electron chi connectivity index (χ3n) is 5.94. The molecule has 1 aliphatic heterocycles. The molecule has 1 aliphatic carbocycles. The Kier molecular flexibility index (Phi) is 4.42. The van der Waals surface area contributed by atoms with E-state index in [2.05, 4.69) is 27.3 Å². The smallest absolute Gasteiger partial charge is 0.233 e. The summed E-state index contributed by atoms with van der Waals surface area (Å²) in [5.74, 6) is 2.61. The van der Waals surface area contributed by atoms with Crippen molar-refractivity contribution in [3.8, 4) is 5.75 Å². The van der Waals surface area contributed by atoms with Crippen molar-refractivity contribution in [3.63, 3.8) is 0 Å². The summed E-state index contributed by atoms with van der Waals surface area (Å²) in [4.78, 5) is 20.3. The number of carbonyl (C=O) groups excluding carboxylic acids is 1. The lowest BCUT2D eigenvalue weighted by atomic mass is 9.77. The Hall–Kier alpha value is -2.37. The second-order valence-electron chi connectivity index (χ2n) is 7.45. The van der Waals surface area contributed by atoms with Crippen LogP contribution in [0.3, 0.4) is 0 Å². The molecule has 6 heteroatoms. The average molecular weight is 354 g/mol. The molecule has 1 unspecified atom stereocenters. The van der Waals surface area contributed by atoms with Crippen molar-refractivity contribution in [2.75, 3.05) is 13.7 Å². The summed E-state index contributed by atoms with van der Waals surface area (Å²) in [5.41, 5.74) is 0.692. The van der Waals surface area contributed by atoms with Gasteiger partial charge in [0.2, 0.25) is 5.91 Å². The Morgan fingerprint density at radius 1 is 1.23 bits per heavy atom. The van der Waals surface area contributed by atoms with Gasteiger partial charge in [0.15, 0.2) is 5.82 Å². The molecule has 1 saturated carbocycles. The van der Waals surface area contributed by atoms with Crippen molar-refractivity contribution in [1.29, 1.82) is 0 Å². The van der Waals surface area contributed by atoms with Crippen molar-refractivity contribution in [3.05, 3.63) is 41.5 Å². The number of nitrogens with one attached hydrogen (secondary N) is 1. The minimum Gasteiger partial charge on any atom is -0.497 e. The van der Waals surface area contributed by atoms with Gasteiger partial charge in [-0.3, -0.25) is 9.89 Å². The van der Waals surface area contributed by atoms with Gasteiger partial charge >= 0.3 is 0 Å². The Labute approximate surface area is 154 Å². The monoisotopic (exact) mass is 354 g/mol. The molecule has 1 amide bonds. The second kappa shape index (κ2) is 6.74. The van der Waals surface area contributed by atoms with E-state index in [9.17, 15) is 4.79 Å². The van der Waals surface area contributed by atoms with Crippen LogP contribution in [0.15, 0.2) is 24.3 Å². The van der Waals surface area contributed by atoms with Crippen LogP contribution < -0.4 is 4.74 Å². The fourth-order valence-corrected chi connectivity index (χ4v) is 4.58. The van der Waals surface area contributed by atoms with E-state index < -0.39 is 5.41 Å². The van der Waals surface area contributed by atoms with E-state index in [1.807, 2.05) is 24.0 Å². The largest absolute Gasteiger partial charge is 0.497 e. The molecular formula is C20H26N4O2. The van der Waals surface area contributed by atoms with Crippen molar-refractivity contribution >= 4 is 5.91 Å². The molecule has 1 atom stereocenters. The van der Waals surface area contributed by atoms with Crippen LogP contribution in [-0.4, -0.2) is 39.6 Å². The van der Waals surface area contributed by atoms with Crippen LogP contribution in [0.4, 0.5) is 0 Å². The summed E-state index contributed by atoms with van der Waals surface area (Å²) in [6.45, 7) is 2.68. The first-order valence-electron chi connectivity index (χ1n) is 9.48. The molecule has 1 aromatic heterocycles. The van der Waals surface area contributed by atoms with Crippen LogP contribution in [0.1, 0.15) is 61.8 Å². The van der Waals surface area contributed by atoms with Gasteiger partial charge < -0.3 is 9.64 Å². The lowest BCUT2D eigenvalue weighted by molar-refractivity contribution is -0.138. The lowest BCUT2D eigenvalue weighted by Gasteiger charge is -2.35. The third kappa shape index (κ3) is 2.77. The lowest BCUT2D eigenvalue weighted by Crippen LogP contribution is -2.45. The summed E-state index contributed by atoms with van der Waals surface area (Å²) in [6, 6.07) is 8.03. The summed E-state index contributed by atoms with van der Waals surface area (Å²) in [6.07, 6.45) is 5.94.